The third-order valence-corrected chi connectivity index (χ3v) is 10.9. The molecule has 1 aliphatic carbocycles. The number of rotatable bonds is 7. The van der Waals surface area contributed by atoms with Crippen LogP contribution < -0.4 is 5.19 Å². The fourth-order valence-electron chi connectivity index (χ4n) is 6.33. The number of hydrogen-bond acceptors (Lipinski definition) is 4. The van der Waals surface area contributed by atoms with Gasteiger partial charge in [-0.15, -0.1) is 54.1 Å². The van der Waals surface area contributed by atoms with Crippen molar-refractivity contribution in [2.24, 2.45) is 5.92 Å². The standard InChI is InChI=1S/C25H25N2O.C17H22NSi.Ir/c1-16(2)22-15-27-23(14-18(22)13-17-7-3-4-8-17)21-10-5-9-19-20-11-6-12-26-25(20)28-24(19)21;1-13(2)15-11-16(14-9-7-6-8-10-14)18-12-17(15)19(3,4)5;/h5-6,9,11-12,14-17H,3-4,7-8,13H2,1-2H3;6-9,11-13H,1-5H3;/q2*-1;/i13D2,16D;13D;. The molecular weight excluding hydrogens is 783 g/mol. The first-order valence-electron chi connectivity index (χ1n) is 18.6. The molecule has 1 radical (unpaired) electrons. The van der Waals surface area contributed by atoms with Crippen LogP contribution in [0.25, 0.3) is 44.6 Å². The van der Waals surface area contributed by atoms with E-state index < -0.39 is 26.2 Å². The average molecular weight is 834 g/mol. The van der Waals surface area contributed by atoms with Gasteiger partial charge in [0.15, 0.2) is 0 Å². The van der Waals surface area contributed by atoms with Gasteiger partial charge < -0.3 is 14.4 Å². The molecule has 1 saturated carbocycles. The van der Waals surface area contributed by atoms with Gasteiger partial charge in [0.25, 0.3) is 0 Å². The Morgan fingerprint density at radius 2 is 1.60 bits per heavy atom. The molecule has 0 N–H and O–H groups in total. The van der Waals surface area contributed by atoms with Gasteiger partial charge in [-0.05, 0) is 63.9 Å². The molecule has 6 heteroatoms. The summed E-state index contributed by atoms with van der Waals surface area (Å²) in [5.74, 6) is -1.60. The van der Waals surface area contributed by atoms with E-state index in [1.165, 1.54) is 5.19 Å². The van der Waals surface area contributed by atoms with E-state index in [0.717, 1.165) is 53.3 Å². The van der Waals surface area contributed by atoms with E-state index in [9.17, 15) is 0 Å². The van der Waals surface area contributed by atoms with Gasteiger partial charge in [-0.2, -0.15) is 0 Å². The third-order valence-electron chi connectivity index (χ3n) is 8.86. The molecule has 4 aromatic heterocycles. The topological polar surface area (TPSA) is 51.8 Å². The molecule has 2 aromatic carbocycles. The number of nitrogens with zero attached hydrogens (tertiary/aromatic N) is 3. The molecule has 251 valence electrons. The molecule has 1 fully saturated rings. The SMILES string of the molecule is [2H]C(C)(C)c1cc(-c2[c-]cccc2)ncc1[Si](C)(C)C.[2H]C(C)(C)c1cnc(-c2[c-]ccc3c2oc2ncccc23)cc1C([2H])([2H])C1CCCC1.[Ir]. The van der Waals surface area contributed by atoms with Crippen molar-refractivity contribution in [1.29, 1.82) is 0 Å². The van der Waals surface area contributed by atoms with Gasteiger partial charge >= 0.3 is 0 Å². The van der Waals surface area contributed by atoms with Crippen molar-refractivity contribution in [3.8, 4) is 22.5 Å². The van der Waals surface area contributed by atoms with Gasteiger partial charge in [0.1, 0.15) is 0 Å². The van der Waals surface area contributed by atoms with Crippen molar-refractivity contribution >= 4 is 35.3 Å². The number of furan rings is 1. The Labute approximate surface area is 306 Å². The molecule has 0 aliphatic heterocycles. The number of hydrogen-bond donors (Lipinski definition) is 0. The van der Waals surface area contributed by atoms with E-state index in [1.807, 2.05) is 74.6 Å². The second-order valence-electron chi connectivity index (χ2n) is 13.9. The van der Waals surface area contributed by atoms with Crippen LogP contribution in [0.3, 0.4) is 0 Å². The zero-order valence-corrected chi connectivity index (χ0v) is 32.4. The molecule has 48 heavy (non-hydrogen) atoms. The van der Waals surface area contributed by atoms with E-state index in [2.05, 4.69) is 52.8 Å². The minimum Gasteiger partial charge on any atom is -0.486 e. The first-order chi connectivity index (χ1) is 24.0. The fraction of sp³-hybridized carbons (Fsp3) is 0.357. The summed E-state index contributed by atoms with van der Waals surface area (Å²) in [7, 11) is -1.50. The summed E-state index contributed by atoms with van der Waals surface area (Å²) >= 11 is 0. The zero-order chi connectivity index (χ0) is 36.8. The Morgan fingerprint density at radius 3 is 2.29 bits per heavy atom. The van der Waals surface area contributed by atoms with Crippen LogP contribution in [0.2, 0.25) is 19.6 Å². The van der Waals surface area contributed by atoms with Crippen molar-refractivity contribution in [2.45, 2.75) is 91.2 Å². The molecule has 6 aromatic rings. The van der Waals surface area contributed by atoms with Gasteiger partial charge in [0.2, 0.25) is 5.71 Å². The van der Waals surface area contributed by atoms with Crippen molar-refractivity contribution in [2.75, 3.05) is 0 Å². The van der Waals surface area contributed by atoms with Crippen LogP contribution in [-0.4, -0.2) is 23.0 Å². The van der Waals surface area contributed by atoms with E-state index >= 15 is 0 Å². The molecule has 4 nitrogen and oxygen atoms in total. The molecule has 7 rings (SSSR count). The normalized spacial score (nSPS) is 15.6. The van der Waals surface area contributed by atoms with Gasteiger partial charge in [0, 0.05) is 49.6 Å². The Morgan fingerprint density at radius 1 is 0.854 bits per heavy atom. The quantitative estimate of drug-likeness (QED) is 0.119. The number of benzene rings is 2. The molecule has 0 bridgehead atoms. The third kappa shape index (κ3) is 7.88. The molecule has 0 saturated heterocycles. The molecule has 0 unspecified atom stereocenters. The van der Waals surface area contributed by atoms with Gasteiger partial charge in [0.05, 0.1) is 13.7 Å². The maximum absolute atomic E-state index is 9.01. The zero-order valence-electron chi connectivity index (χ0n) is 33.0. The second kappa shape index (κ2) is 15.4. The predicted molar refractivity (Wildman–Crippen MR) is 199 cm³/mol. The summed E-state index contributed by atoms with van der Waals surface area (Å²) in [6.45, 7) is 14.4. The first-order valence-corrected chi connectivity index (χ1v) is 20.1. The molecule has 0 spiro atoms. The molecular formula is C42H47IrN3OSi-2. The number of pyridine rings is 3. The monoisotopic (exact) mass is 834 g/mol. The van der Waals surface area contributed by atoms with Gasteiger partial charge in [-0.25, -0.2) is 4.98 Å². The summed E-state index contributed by atoms with van der Waals surface area (Å²) in [6.07, 6.45) is 7.68. The Kier molecular flexibility index (Phi) is 9.82. The largest absolute Gasteiger partial charge is 0.486 e. The van der Waals surface area contributed by atoms with Crippen LogP contribution in [0.15, 0.2) is 83.7 Å². The Hall–Kier alpha value is -3.44. The second-order valence-corrected chi connectivity index (χ2v) is 19.0. The van der Waals surface area contributed by atoms with Gasteiger partial charge in [-0.3, -0.25) is 0 Å². The number of fused-ring (bicyclic) bond motifs is 3. The fourth-order valence-corrected chi connectivity index (χ4v) is 7.92. The van der Waals surface area contributed by atoms with Crippen LogP contribution in [0, 0.1) is 18.1 Å². The first kappa shape index (κ1) is 30.6. The van der Waals surface area contributed by atoms with Gasteiger partial charge in [-0.1, -0.05) is 102 Å². The minimum atomic E-state index is -1.52. The van der Waals surface area contributed by atoms with Crippen molar-refractivity contribution in [1.82, 2.24) is 15.0 Å². The Bertz CT molecular complexity index is 2160. The summed E-state index contributed by atoms with van der Waals surface area (Å²) in [4.78, 5) is 13.6. The van der Waals surface area contributed by atoms with Crippen molar-refractivity contribution in [3.63, 3.8) is 0 Å². The molecule has 0 amide bonds. The molecule has 0 atom stereocenters. The summed E-state index contributed by atoms with van der Waals surface area (Å²) in [5.41, 5.74) is 6.68. The maximum atomic E-state index is 9.01. The van der Waals surface area contributed by atoms with E-state index in [1.54, 1.807) is 26.2 Å². The van der Waals surface area contributed by atoms with Crippen LogP contribution in [0.1, 0.15) is 87.3 Å². The Balaban J connectivity index is 0.000000217. The van der Waals surface area contributed by atoms with Crippen molar-refractivity contribution < 1.29 is 30.0 Å². The van der Waals surface area contributed by atoms with Crippen LogP contribution >= 0.6 is 0 Å². The van der Waals surface area contributed by atoms with Crippen LogP contribution in [-0.2, 0) is 26.5 Å². The summed E-state index contributed by atoms with van der Waals surface area (Å²) in [6, 6.07) is 25.8. The van der Waals surface area contributed by atoms with E-state index in [4.69, 9.17) is 9.90 Å². The predicted octanol–water partition coefficient (Wildman–Crippen LogP) is 10.9. The van der Waals surface area contributed by atoms with E-state index in [0.29, 0.717) is 33.7 Å². The average Bonchev–Trinajstić information content (AvgIpc) is 3.77. The van der Waals surface area contributed by atoms with Crippen LogP contribution in [0.5, 0.6) is 0 Å². The smallest absolute Gasteiger partial charge is 0.216 e. The summed E-state index contributed by atoms with van der Waals surface area (Å²) in [5, 5.41) is 3.14. The van der Waals surface area contributed by atoms with Crippen molar-refractivity contribution in [3.05, 3.63) is 108 Å². The molecule has 1 aliphatic rings. The maximum Gasteiger partial charge on any atom is 0.216 e. The van der Waals surface area contributed by atoms with Crippen LogP contribution in [0.4, 0.5) is 0 Å². The molecule has 4 heterocycles. The minimum absolute atomic E-state index is 0. The van der Waals surface area contributed by atoms with E-state index in [-0.39, 0.29) is 26.0 Å². The summed E-state index contributed by atoms with van der Waals surface area (Å²) < 4.78 is 41.1. The number of aromatic nitrogens is 3.